The zero-order valence-corrected chi connectivity index (χ0v) is 16.1. The number of hydrogen-bond donors (Lipinski definition) is 0. The second-order valence-corrected chi connectivity index (χ2v) is 9.10. The molecule has 1 aliphatic carbocycles. The highest BCUT2D eigenvalue weighted by Crippen LogP contribution is 2.25. The van der Waals surface area contributed by atoms with Gasteiger partial charge in [0.2, 0.25) is 0 Å². The standard InChI is InChI=1S/C21H25NO3S/c1-22(19-6-4-3-5-7-19)21(23)18-10-8-16(9-11-18)17-12-14-20(15-13-17)26(2,24)25/h8-15,19H,3-7H2,1-2H3. The van der Waals surface area contributed by atoms with Gasteiger partial charge in [0, 0.05) is 24.9 Å². The highest BCUT2D eigenvalue weighted by Gasteiger charge is 2.22. The number of nitrogens with zero attached hydrogens (tertiary/aromatic N) is 1. The molecule has 0 saturated heterocycles. The summed E-state index contributed by atoms with van der Waals surface area (Å²) in [6.45, 7) is 0. The van der Waals surface area contributed by atoms with E-state index in [1.807, 2.05) is 36.2 Å². The number of rotatable bonds is 4. The maximum Gasteiger partial charge on any atom is 0.253 e. The second kappa shape index (κ2) is 7.62. The van der Waals surface area contributed by atoms with Crippen molar-refractivity contribution in [3.8, 4) is 11.1 Å². The Morgan fingerprint density at radius 3 is 1.88 bits per heavy atom. The molecule has 5 heteroatoms. The van der Waals surface area contributed by atoms with E-state index in [1.54, 1.807) is 24.3 Å². The van der Waals surface area contributed by atoms with E-state index in [1.165, 1.54) is 25.5 Å². The van der Waals surface area contributed by atoms with E-state index in [9.17, 15) is 13.2 Å². The van der Waals surface area contributed by atoms with Crippen LogP contribution in [0.2, 0.25) is 0 Å². The summed E-state index contributed by atoms with van der Waals surface area (Å²) in [5.41, 5.74) is 2.58. The fourth-order valence-corrected chi connectivity index (χ4v) is 4.17. The first-order valence-corrected chi connectivity index (χ1v) is 10.9. The van der Waals surface area contributed by atoms with Crippen molar-refractivity contribution in [3.05, 3.63) is 54.1 Å². The van der Waals surface area contributed by atoms with Crippen molar-refractivity contribution in [2.24, 2.45) is 0 Å². The molecule has 0 radical (unpaired) electrons. The van der Waals surface area contributed by atoms with E-state index in [2.05, 4.69) is 0 Å². The smallest absolute Gasteiger partial charge is 0.253 e. The first-order chi connectivity index (χ1) is 12.4. The highest BCUT2D eigenvalue weighted by atomic mass is 32.2. The van der Waals surface area contributed by atoms with Crippen LogP contribution < -0.4 is 0 Å². The molecule has 26 heavy (non-hydrogen) atoms. The molecule has 3 rings (SSSR count). The van der Waals surface area contributed by atoms with Crippen LogP contribution in [0.15, 0.2) is 53.4 Å². The average Bonchev–Trinajstić information content (AvgIpc) is 2.67. The lowest BCUT2D eigenvalue weighted by atomic mass is 9.94. The maximum atomic E-state index is 12.7. The van der Waals surface area contributed by atoms with Gasteiger partial charge in [-0.2, -0.15) is 0 Å². The zero-order valence-electron chi connectivity index (χ0n) is 15.3. The van der Waals surface area contributed by atoms with Crippen molar-refractivity contribution < 1.29 is 13.2 Å². The van der Waals surface area contributed by atoms with Gasteiger partial charge in [-0.3, -0.25) is 4.79 Å². The largest absolute Gasteiger partial charge is 0.339 e. The molecule has 0 unspecified atom stereocenters. The van der Waals surface area contributed by atoms with Crippen LogP contribution in [0, 0.1) is 0 Å². The van der Waals surface area contributed by atoms with Crippen LogP contribution in [-0.4, -0.2) is 38.6 Å². The summed E-state index contributed by atoms with van der Waals surface area (Å²) in [5, 5.41) is 0. The molecule has 1 saturated carbocycles. The normalized spacial score (nSPS) is 15.6. The van der Waals surface area contributed by atoms with Gasteiger partial charge in [0.15, 0.2) is 9.84 Å². The van der Waals surface area contributed by atoms with Crippen LogP contribution in [0.5, 0.6) is 0 Å². The lowest BCUT2D eigenvalue weighted by Crippen LogP contribution is -2.38. The molecular weight excluding hydrogens is 346 g/mol. The predicted octanol–water partition coefficient (Wildman–Crippen LogP) is 4.16. The summed E-state index contributed by atoms with van der Waals surface area (Å²) in [6, 6.07) is 14.7. The Morgan fingerprint density at radius 1 is 0.885 bits per heavy atom. The van der Waals surface area contributed by atoms with E-state index in [-0.39, 0.29) is 5.91 Å². The Labute approximate surface area is 155 Å². The first kappa shape index (κ1) is 18.6. The van der Waals surface area contributed by atoms with E-state index in [0.29, 0.717) is 16.5 Å². The minimum Gasteiger partial charge on any atom is -0.339 e. The molecule has 1 fully saturated rings. The van der Waals surface area contributed by atoms with Crippen LogP contribution in [0.3, 0.4) is 0 Å². The Morgan fingerprint density at radius 2 is 1.38 bits per heavy atom. The predicted molar refractivity (Wildman–Crippen MR) is 104 cm³/mol. The summed E-state index contributed by atoms with van der Waals surface area (Å²) < 4.78 is 23.1. The molecule has 0 bridgehead atoms. The third-order valence-corrected chi connectivity index (χ3v) is 6.32. The molecule has 0 N–H and O–H groups in total. The van der Waals surface area contributed by atoms with Crippen molar-refractivity contribution in [1.29, 1.82) is 0 Å². The molecule has 0 heterocycles. The number of carbonyl (C=O) groups excluding carboxylic acids is 1. The minimum atomic E-state index is -3.19. The summed E-state index contributed by atoms with van der Waals surface area (Å²) in [4.78, 5) is 14.9. The fraction of sp³-hybridized carbons (Fsp3) is 0.381. The summed E-state index contributed by atoms with van der Waals surface area (Å²) in [7, 11) is -1.29. The van der Waals surface area contributed by atoms with E-state index >= 15 is 0 Å². The van der Waals surface area contributed by atoms with Crippen LogP contribution >= 0.6 is 0 Å². The number of sulfone groups is 1. The van der Waals surface area contributed by atoms with Gasteiger partial charge in [-0.25, -0.2) is 8.42 Å². The molecule has 1 amide bonds. The number of hydrogen-bond acceptors (Lipinski definition) is 3. The molecular formula is C21H25NO3S. The number of carbonyl (C=O) groups is 1. The topological polar surface area (TPSA) is 54.5 Å². The van der Waals surface area contributed by atoms with Gasteiger partial charge in [0.05, 0.1) is 4.90 Å². The highest BCUT2D eigenvalue weighted by molar-refractivity contribution is 7.90. The molecule has 0 spiro atoms. The first-order valence-electron chi connectivity index (χ1n) is 9.04. The lowest BCUT2D eigenvalue weighted by Gasteiger charge is -2.31. The molecule has 0 aromatic heterocycles. The second-order valence-electron chi connectivity index (χ2n) is 7.08. The van der Waals surface area contributed by atoms with Crippen LogP contribution in [0.25, 0.3) is 11.1 Å². The SMILES string of the molecule is CN(C(=O)c1ccc(-c2ccc(S(C)(=O)=O)cc2)cc1)C1CCCCC1. The van der Waals surface area contributed by atoms with E-state index in [0.717, 1.165) is 24.0 Å². The molecule has 1 aliphatic rings. The molecule has 2 aromatic rings. The van der Waals surface area contributed by atoms with Crippen LogP contribution in [0.1, 0.15) is 42.5 Å². The third kappa shape index (κ3) is 4.15. The van der Waals surface area contributed by atoms with Gasteiger partial charge in [-0.15, -0.1) is 0 Å². The Kier molecular flexibility index (Phi) is 5.47. The Balaban J connectivity index is 1.74. The monoisotopic (exact) mass is 371 g/mol. The van der Waals surface area contributed by atoms with Crippen molar-refractivity contribution in [3.63, 3.8) is 0 Å². The summed E-state index contributed by atoms with van der Waals surface area (Å²) in [5.74, 6) is 0.0656. The molecule has 0 aliphatic heterocycles. The van der Waals surface area contributed by atoms with Gasteiger partial charge in [0.25, 0.3) is 5.91 Å². The van der Waals surface area contributed by atoms with Crippen molar-refractivity contribution in [1.82, 2.24) is 4.90 Å². The average molecular weight is 372 g/mol. The minimum absolute atomic E-state index is 0.0656. The van der Waals surface area contributed by atoms with E-state index < -0.39 is 9.84 Å². The quantitative estimate of drug-likeness (QED) is 0.811. The molecule has 2 aromatic carbocycles. The Bertz CT molecular complexity index is 864. The van der Waals surface area contributed by atoms with Crippen LogP contribution in [0.4, 0.5) is 0 Å². The zero-order chi connectivity index (χ0) is 18.7. The summed E-state index contributed by atoms with van der Waals surface area (Å²) >= 11 is 0. The molecule has 138 valence electrons. The van der Waals surface area contributed by atoms with Crippen molar-refractivity contribution in [2.75, 3.05) is 13.3 Å². The van der Waals surface area contributed by atoms with Gasteiger partial charge in [0.1, 0.15) is 0 Å². The molecule has 4 nitrogen and oxygen atoms in total. The van der Waals surface area contributed by atoms with Crippen molar-refractivity contribution in [2.45, 2.75) is 43.0 Å². The fourth-order valence-electron chi connectivity index (χ4n) is 3.54. The lowest BCUT2D eigenvalue weighted by molar-refractivity contribution is 0.0696. The Hall–Kier alpha value is -2.14. The van der Waals surface area contributed by atoms with Crippen molar-refractivity contribution >= 4 is 15.7 Å². The van der Waals surface area contributed by atoms with E-state index in [4.69, 9.17) is 0 Å². The third-order valence-electron chi connectivity index (χ3n) is 5.19. The number of benzene rings is 2. The van der Waals surface area contributed by atoms with Gasteiger partial charge < -0.3 is 4.90 Å². The summed E-state index contributed by atoms with van der Waals surface area (Å²) in [6.07, 6.45) is 7.05. The number of amides is 1. The molecule has 0 atom stereocenters. The maximum absolute atomic E-state index is 12.7. The van der Waals surface area contributed by atoms with Gasteiger partial charge in [-0.1, -0.05) is 43.5 Å². The van der Waals surface area contributed by atoms with Gasteiger partial charge >= 0.3 is 0 Å². The van der Waals surface area contributed by atoms with Gasteiger partial charge in [-0.05, 0) is 48.2 Å². The van der Waals surface area contributed by atoms with Crippen LogP contribution in [-0.2, 0) is 9.84 Å².